The second-order valence-electron chi connectivity index (χ2n) is 12.4. The Labute approximate surface area is 187 Å². The number of nitrogens with two attached hydrogens (primary N) is 1. The first-order valence-corrected chi connectivity index (χ1v) is 17.3. The zero-order chi connectivity index (χ0) is 23.1. The summed E-state index contributed by atoms with van der Waals surface area (Å²) >= 11 is 0. The molecule has 0 aliphatic heterocycles. The second kappa shape index (κ2) is 8.68. The highest BCUT2D eigenvalue weighted by molar-refractivity contribution is 6.74. The molecule has 0 radical (unpaired) electrons. The first kappa shape index (κ1) is 25.6. The van der Waals surface area contributed by atoms with E-state index in [1.165, 1.54) is 5.56 Å². The van der Waals surface area contributed by atoms with Gasteiger partial charge in [0.2, 0.25) is 0 Å². The minimum Gasteiger partial charge on any atom is -0.411 e. The van der Waals surface area contributed by atoms with E-state index in [-0.39, 0.29) is 22.3 Å². The van der Waals surface area contributed by atoms with Crippen LogP contribution in [0.3, 0.4) is 0 Å². The van der Waals surface area contributed by atoms with E-state index in [0.717, 1.165) is 18.5 Å². The summed E-state index contributed by atoms with van der Waals surface area (Å²) in [6, 6.07) is 2.09. The van der Waals surface area contributed by atoms with Gasteiger partial charge in [0.15, 0.2) is 16.6 Å². The van der Waals surface area contributed by atoms with Gasteiger partial charge in [-0.25, -0.2) is 0 Å². The summed E-state index contributed by atoms with van der Waals surface area (Å²) in [5.41, 5.74) is 8.32. The fraction of sp³-hybridized carbons (Fsp3) is 0.792. The van der Waals surface area contributed by atoms with Crippen LogP contribution in [0.25, 0.3) is 0 Å². The predicted octanol–water partition coefficient (Wildman–Crippen LogP) is 6.96. The molecule has 4 nitrogen and oxygen atoms in total. The van der Waals surface area contributed by atoms with Crippen LogP contribution in [0.4, 0.5) is 5.69 Å². The van der Waals surface area contributed by atoms with E-state index in [1.54, 1.807) is 6.20 Å². The van der Waals surface area contributed by atoms with E-state index >= 15 is 0 Å². The third kappa shape index (κ3) is 5.56. The van der Waals surface area contributed by atoms with E-state index in [9.17, 15) is 0 Å². The molecule has 30 heavy (non-hydrogen) atoms. The molecule has 1 heterocycles. The minimum atomic E-state index is -1.94. The monoisotopic (exact) mass is 450 g/mol. The van der Waals surface area contributed by atoms with Gasteiger partial charge in [0.25, 0.3) is 0 Å². The van der Waals surface area contributed by atoms with E-state index in [1.807, 2.05) is 6.20 Å². The molecule has 2 N–H and O–H groups in total. The molecule has 0 saturated heterocycles. The van der Waals surface area contributed by atoms with Crippen molar-refractivity contribution in [1.82, 2.24) is 4.98 Å². The molecular weight excluding hydrogens is 404 g/mol. The Hall–Kier alpha value is -0.696. The maximum Gasteiger partial charge on any atom is 0.192 e. The first-order valence-electron chi connectivity index (χ1n) is 11.5. The quantitative estimate of drug-likeness (QED) is 0.493. The largest absolute Gasteiger partial charge is 0.411 e. The van der Waals surface area contributed by atoms with Crippen molar-refractivity contribution >= 4 is 22.3 Å². The smallest absolute Gasteiger partial charge is 0.192 e. The van der Waals surface area contributed by atoms with Crippen molar-refractivity contribution in [2.75, 3.05) is 5.73 Å². The molecule has 1 fully saturated rings. The fourth-order valence-electron chi connectivity index (χ4n) is 3.88. The number of hydrogen-bond donors (Lipinski definition) is 1. The van der Waals surface area contributed by atoms with Gasteiger partial charge in [-0.2, -0.15) is 0 Å². The maximum absolute atomic E-state index is 7.06. The topological polar surface area (TPSA) is 57.4 Å². The third-order valence-electron chi connectivity index (χ3n) is 7.92. The van der Waals surface area contributed by atoms with Crippen LogP contribution in [0.2, 0.25) is 36.3 Å². The molecule has 1 saturated carbocycles. The van der Waals surface area contributed by atoms with Gasteiger partial charge in [0.1, 0.15) is 0 Å². The van der Waals surface area contributed by atoms with Crippen molar-refractivity contribution in [3.63, 3.8) is 0 Å². The Kier molecular flexibility index (Phi) is 7.40. The molecule has 1 aromatic rings. The molecule has 4 unspecified atom stereocenters. The molecule has 172 valence electrons. The molecule has 6 heteroatoms. The van der Waals surface area contributed by atoms with Gasteiger partial charge in [-0.1, -0.05) is 48.5 Å². The Morgan fingerprint density at radius 2 is 1.47 bits per heavy atom. The Morgan fingerprint density at radius 1 is 0.933 bits per heavy atom. The first-order chi connectivity index (χ1) is 13.5. The van der Waals surface area contributed by atoms with Crippen LogP contribution in [-0.4, -0.2) is 33.8 Å². The van der Waals surface area contributed by atoms with Gasteiger partial charge in [-0.05, 0) is 72.6 Å². The van der Waals surface area contributed by atoms with Crippen molar-refractivity contribution in [3.05, 3.63) is 24.0 Å². The highest BCUT2D eigenvalue weighted by Gasteiger charge is 2.48. The highest BCUT2D eigenvalue weighted by atomic mass is 28.4. The summed E-state index contributed by atoms with van der Waals surface area (Å²) in [7, 11) is -3.85. The number of rotatable bonds is 5. The van der Waals surface area contributed by atoms with E-state index in [0.29, 0.717) is 11.8 Å². The summed E-state index contributed by atoms with van der Waals surface area (Å²) in [4.78, 5) is 4.19. The van der Waals surface area contributed by atoms with Crippen LogP contribution < -0.4 is 5.73 Å². The van der Waals surface area contributed by atoms with Gasteiger partial charge in [0.05, 0.1) is 24.1 Å². The minimum absolute atomic E-state index is 0.0985. The summed E-state index contributed by atoms with van der Waals surface area (Å²) in [5, 5.41) is 0.348. The van der Waals surface area contributed by atoms with Crippen LogP contribution in [0, 0.1) is 5.92 Å². The van der Waals surface area contributed by atoms with Gasteiger partial charge in [-0.15, -0.1) is 0 Å². The average Bonchev–Trinajstić information content (AvgIpc) is 2.55. The molecule has 0 aromatic carbocycles. The Balaban J connectivity index is 2.39. The summed E-state index contributed by atoms with van der Waals surface area (Å²) < 4.78 is 14.1. The zero-order valence-electron chi connectivity index (χ0n) is 21.3. The molecule has 1 aromatic heterocycles. The van der Waals surface area contributed by atoms with Gasteiger partial charge in [-0.3, -0.25) is 4.98 Å². The molecule has 0 spiro atoms. The fourth-order valence-corrected chi connectivity index (χ4v) is 6.64. The lowest BCUT2D eigenvalue weighted by molar-refractivity contribution is -0.0304. The van der Waals surface area contributed by atoms with Crippen LogP contribution in [-0.2, 0) is 8.85 Å². The zero-order valence-corrected chi connectivity index (χ0v) is 23.3. The predicted molar refractivity (Wildman–Crippen MR) is 134 cm³/mol. The lowest BCUT2D eigenvalue weighted by atomic mass is 9.75. The molecule has 0 amide bonds. The summed E-state index contributed by atoms with van der Waals surface area (Å²) in [5.74, 6) is 0.803. The van der Waals surface area contributed by atoms with Crippen LogP contribution in [0.1, 0.15) is 72.8 Å². The normalized spacial score (nSPS) is 26.6. The second-order valence-corrected chi connectivity index (χ2v) is 21.9. The lowest BCUT2D eigenvalue weighted by Gasteiger charge is -2.50. The van der Waals surface area contributed by atoms with E-state index < -0.39 is 16.6 Å². The van der Waals surface area contributed by atoms with Gasteiger partial charge >= 0.3 is 0 Å². The molecule has 2 rings (SSSR count). The van der Waals surface area contributed by atoms with Gasteiger partial charge in [0, 0.05) is 6.20 Å². The lowest BCUT2D eigenvalue weighted by Crippen LogP contribution is -2.55. The van der Waals surface area contributed by atoms with Crippen molar-refractivity contribution in [1.29, 1.82) is 0 Å². The van der Waals surface area contributed by atoms with Crippen molar-refractivity contribution in [2.45, 2.75) is 116 Å². The van der Waals surface area contributed by atoms with Gasteiger partial charge < -0.3 is 14.6 Å². The number of anilines is 1. The van der Waals surface area contributed by atoms with Crippen molar-refractivity contribution in [2.24, 2.45) is 5.92 Å². The third-order valence-corrected chi connectivity index (χ3v) is 16.9. The number of aromatic nitrogens is 1. The molecule has 0 bridgehead atoms. The number of pyridine rings is 1. The van der Waals surface area contributed by atoms with Crippen LogP contribution in [0.5, 0.6) is 0 Å². The van der Waals surface area contributed by atoms with E-state index in [2.05, 4.69) is 85.7 Å². The standard InChI is InChI=1S/C24H46N2O2Si2/c1-17-14-18(19-12-13-26-16-20(19)25)15-21(27-29(8,9)23(2,3)4)22(17)28-30(10,11)24(5,6)7/h12-13,16-18,21-22H,14-15,25H2,1-11H3. The van der Waals surface area contributed by atoms with Crippen LogP contribution in [0.15, 0.2) is 18.5 Å². The highest BCUT2D eigenvalue weighted by Crippen LogP contribution is 2.47. The van der Waals surface area contributed by atoms with Crippen molar-refractivity contribution in [3.8, 4) is 0 Å². The average molecular weight is 451 g/mol. The van der Waals surface area contributed by atoms with E-state index in [4.69, 9.17) is 14.6 Å². The van der Waals surface area contributed by atoms with Crippen molar-refractivity contribution < 1.29 is 8.85 Å². The molecule has 1 aliphatic rings. The molecule has 4 atom stereocenters. The molecular formula is C24H46N2O2Si2. The number of nitrogens with zero attached hydrogens (tertiary/aromatic N) is 1. The SMILES string of the molecule is CC1CC(c2ccncc2N)CC(O[Si](C)(C)C(C)(C)C)C1O[Si](C)(C)C(C)(C)C. The summed E-state index contributed by atoms with van der Waals surface area (Å²) in [6.45, 7) is 25.6. The Bertz CT molecular complexity index is 723. The molecule has 1 aliphatic carbocycles. The maximum atomic E-state index is 7.06. The number of nitrogen functional groups attached to an aromatic ring is 1. The number of hydrogen-bond acceptors (Lipinski definition) is 4. The Morgan fingerprint density at radius 3 is 1.97 bits per heavy atom. The summed E-state index contributed by atoms with van der Waals surface area (Å²) in [6.07, 6.45) is 5.91. The van der Waals surface area contributed by atoms with Crippen LogP contribution >= 0.6 is 0 Å².